The van der Waals surface area contributed by atoms with Crippen LogP contribution in [0.3, 0.4) is 0 Å². The number of benzene rings is 1. The molecule has 6 nitrogen and oxygen atoms in total. The summed E-state index contributed by atoms with van der Waals surface area (Å²) >= 11 is 0. The molecule has 0 aliphatic carbocycles. The van der Waals surface area contributed by atoms with Crippen molar-refractivity contribution in [3.8, 4) is 0 Å². The summed E-state index contributed by atoms with van der Waals surface area (Å²) in [6.45, 7) is 6.67. The number of likely N-dealkylation sites (N-methyl/N-ethyl adjacent to an activating group) is 1. The zero-order valence-corrected chi connectivity index (χ0v) is 15.0. The summed E-state index contributed by atoms with van der Waals surface area (Å²) in [4.78, 5) is 28.7. The zero-order chi connectivity index (χ0) is 17.6. The van der Waals surface area contributed by atoms with Crippen LogP contribution in [0.2, 0.25) is 0 Å². The molecule has 0 spiro atoms. The van der Waals surface area contributed by atoms with Crippen LogP contribution in [0, 0.1) is 0 Å². The van der Waals surface area contributed by atoms with E-state index in [1.807, 2.05) is 4.90 Å². The minimum Gasteiger partial charge on any atom is -0.339 e. The van der Waals surface area contributed by atoms with E-state index in [1.54, 1.807) is 24.3 Å². The van der Waals surface area contributed by atoms with Crippen molar-refractivity contribution in [1.29, 1.82) is 0 Å². The first-order chi connectivity index (χ1) is 12.2. The van der Waals surface area contributed by atoms with Gasteiger partial charge >= 0.3 is 6.03 Å². The Morgan fingerprint density at radius 1 is 1.08 bits per heavy atom. The first-order valence-electron chi connectivity index (χ1n) is 9.35. The third-order valence-corrected chi connectivity index (χ3v) is 5.19. The van der Waals surface area contributed by atoms with Crippen molar-refractivity contribution in [2.24, 2.45) is 0 Å². The maximum atomic E-state index is 12.3. The number of carbonyl (C=O) groups is 2. The van der Waals surface area contributed by atoms with E-state index < -0.39 is 0 Å². The molecule has 136 valence electrons. The van der Waals surface area contributed by atoms with Gasteiger partial charge in [0.25, 0.3) is 5.91 Å². The number of urea groups is 1. The number of hydrogen-bond donors (Lipinski definition) is 2. The highest BCUT2D eigenvalue weighted by molar-refractivity contribution is 5.95. The van der Waals surface area contributed by atoms with Crippen molar-refractivity contribution in [2.75, 3.05) is 38.0 Å². The minimum absolute atomic E-state index is 0.0781. The van der Waals surface area contributed by atoms with Gasteiger partial charge in [-0.2, -0.15) is 0 Å². The van der Waals surface area contributed by atoms with Gasteiger partial charge < -0.3 is 15.5 Å². The number of anilines is 1. The van der Waals surface area contributed by atoms with E-state index in [9.17, 15) is 9.59 Å². The van der Waals surface area contributed by atoms with E-state index in [0.29, 0.717) is 23.8 Å². The highest BCUT2D eigenvalue weighted by Crippen LogP contribution is 2.17. The molecule has 1 aromatic rings. The van der Waals surface area contributed by atoms with Gasteiger partial charge in [-0.05, 0) is 63.0 Å². The molecule has 25 heavy (non-hydrogen) atoms. The summed E-state index contributed by atoms with van der Waals surface area (Å²) in [5, 5.41) is 5.79. The van der Waals surface area contributed by atoms with Gasteiger partial charge in [0, 0.05) is 36.9 Å². The average Bonchev–Trinajstić information content (AvgIpc) is 3.31. The zero-order valence-electron chi connectivity index (χ0n) is 15.0. The van der Waals surface area contributed by atoms with Gasteiger partial charge in [-0.3, -0.25) is 9.69 Å². The molecule has 0 bridgehead atoms. The molecule has 0 aromatic heterocycles. The van der Waals surface area contributed by atoms with Crippen molar-refractivity contribution < 1.29 is 9.59 Å². The molecule has 3 rings (SSSR count). The molecule has 2 saturated heterocycles. The normalized spacial score (nSPS) is 20.7. The third kappa shape index (κ3) is 4.51. The molecule has 2 aliphatic rings. The Hall–Kier alpha value is -2.08. The number of nitrogens with zero attached hydrogens (tertiary/aromatic N) is 2. The van der Waals surface area contributed by atoms with Crippen LogP contribution in [-0.2, 0) is 0 Å². The fourth-order valence-corrected chi connectivity index (χ4v) is 3.73. The third-order valence-electron chi connectivity index (χ3n) is 5.19. The summed E-state index contributed by atoms with van der Waals surface area (Å²) in [6.07, 6.45) is 4.51. The Morgan fingerprint density at radius 2 is 1.80 bits per heavy atom. The monoisotopic (exact) mass is 344 g/mol. The Bertz CT molecular complexity index is 596. The Labute approximate surface area is 149 Å². The van der Waals surface area contributed by atoms with Crippen LogP contribution in [-0.4, -0.2) is 60.5 Å². The molecule has 2 heterocycles. The van der Waals surface area contributed by atoms with Crippen LogP contribution in [0.5, 0.6) is 0 Å². The smallest absolute Gasteiger partial charge is 0.319 e. The molecule has 2 N–H and O–H groups in total. The van der Waals surface area contributed by atoms with Crippen LogP contribution in [0.4, 0.5) is 10.5 Å². The second-order valence-corrected chi connectivity index (χ2v) is 6.84. The minimum atomic E-state index is -0.193. The molecule has 3 amide bonds. The number of hydrogen-bond acceptors (Lipinski definition) is 3. The molecule has 1 unspecified atom stereocenters. The number of nitrogens with one attached hydrogen (secondary N) is 2. The van der Waals surface area contributed by atoms with E-state index in [-0.39, 0.29) is 11.9 Å². The number of rotatable bonds is 5. The van der Waals surface area contributed by atoms with Crippen LogP contribution >= 0.6 is 0 Å². The quantitative estimate of drug-likeness (QED) is 0.863. The SMILES string of the molecule is CCN1CCCC1CNC(=O)Nc1ccc(C(=O)N2CCCC2)cc1. The van der Waals surface area contributed by atoms with Crippen LogP contribution in [0.1, 0.15) is 43.0 Å². The number of carbonyl (C=O) groups excluding carboxylic acids is 2. The van der Waals surface area contributed by atoms with Gasteiger partial charge in [0.2, 0.25) is 0 Å². The summed E-state index contributed by atoms with van der Waals surface area (Å²) in [7, 11) is 0. The van der Waals surface area contributed by atoms with Gasteiger partial charge in [0.05, 0.1) is 0 Å². The van der Waals surface area contributed by atoms with Crippen molar-refractivity contribution in [1.82, 2.24) is 15.1 Å². The van der Waals surface area contributed by atoms with Gasteiger partial charge in [-0.25, -0.2) is 4.79 Å². The van der Waals surface area contributed by atoms with Gasteiger partial charge in [-0.15, -0.1) is 0 Å². The molecule has 2 fully saturated rings. The predicted octanol–water partition coefficient (Wildman–Crippen LogP) is 2.53. The standard InChI is InChI=1S/C19H28N4O2/c1-2-22-13-5-6-17(22)14-20-19(25)21-16-9-7-15(8-10-16)18(24)23-11-3-4-12-23/h7-10,17H,2-6,11-14H2,1H3,(H2,20,21,25). The summed E-state index contributed by atoms with van der Waals surface area (Å²) in [5.41, 5.74) is 1.38. The second-order valence-electron chi connectivity index (χ2n) is 6.84. The number of likely N-dealkylation sites (tertiary alicyclic amines) is 2. The lowest BCUT2D eigenvalue weighted by molar-refractivity contribution is 0.0793. The van der Waals surface area contributed by atoms with E-state index in [2.05, 4.69) is 22.5 Å². The lowest BCUT2D eigenvalue weighted by Crippen LogP contribution is -2.41. The topological polar surface area (TPSA) is 64.7 Å². The Balaban J connectivity index is 1.47. The van der Waals surface area contributed by atoms with E-state index in [1.165, 1.54) is 6.42 Å². The predicted molar refractivity (Wildman–Crippen MR) is 98.9 cm³/mol. The first-order valence-corrected chi connectivity index (χ1v) is 9.35. The Kier molecular flexibility index (Phi) is 5.91. The molecule has 6 heteroatoms. The molecular weight excluding hydrogens is 316 g/mol. The fourth-order valence-electron chi connectivity index (χ4n) is 3.73. The molecular formula is C19H28N4O2. The van der Waals surface area contributed by atoms with Crippen molar-refractivity contribution >= 4 is 17.6 Å². The Morgan fingerprint density at radius 3 is 2.48 bits per heavy atom. The number of amides is 3. The second kappa shape index (κ2) is 8.34. The highest BCUT2D eigenvalue weighted by Gasteiger charge is 2.23. The average molecular weight is 344 g/mol. The van der Waals surface area contributed by atoms with E-state index in [4.69, 9.17) is 0 Å². The van der Waals surface area contributed by atoms with Crippen molar-refractivity contribution in [3.05, 3.63) is 29.8 Å². The van der Waals surface area contributed by atoms with Gasteiger partial charge in [0.1, 0.15) is 0 Å². The lowest BCUT2D eigenvalue weighted by atomic mass is 10.2. The van der Waals surface area contributed by atoms with Gasteiger partial charge in [0.15, 0.2) is 0 Å². The van der Waals surface area contributed by atoms with Crippen LogP contribution < -0.4 is 10.6 Å². The van der Waals surface area contributed by atoms with Crippen LogP contribution in [0.25, 0.3) is 0 Å². The van der Waals surface area contributed by atoms with Crippen molar-refractivity contribution in [2.45, 2.75) is 38.6 Å². The highest BCUT2D eigenvalue weighted by atomic mass is 16.2. The lowest BCUT2D eigenvalue weighted by Gasteiger charge is -2.22. The maximum absolute atomic E-state index is 12.3. The maximum Gasteiger partial charge on any atom is 0.319 e. The molecule has 0 saturated carbocycles. The first kappa shape index (κ1) is 17.7. The van der Waals surface area contributed by atoms with Crippen LogP contribution in [0.15, 0.2) is 24.3 Å². The molecule has 1 aromatic carbocycles. The summed E-state index contributed by atoms with van der Waals surface area (Å²) in [6, 6.07) is 7.39. The largest absolute Gasteiger partial charge is 0.339 e. The molecule has 0 radical (unpaired) electrons. The fraction of sp³-hybridized carbons (Fsp3) is 0.579. The van der Waals surface area contributed by atoms with Crippen molar-refractivity contribution in [3.63, 3.8) is 0 Å². The molecule has 1 atom stereocenters. The summed E-state index contributed by atoms with van der Waals surface area (Å²) in [5.74, 6) is 0.0781. The van der Waals surface area contributed by atoms with Gasteiger partial charge in [-0.1, -0.05) is 6.92 Å². The van der Waals surface area contributed by atoms with E-state index in [0.717, 1.165) is 45.4 Å². The van der Waals surface area contributed by atoms with E-state index >= 15 is 0 Å². The molecule has 2 aliphatic heterocycles. The summed E-state index contributed by atoms with van der Waals surface area (Å²) < 4.78 is 0.